The molecule has 0 unspecified atom stereocenters. The standard InChI is InChI=1S/C27H40N4O4/c1-5-26(2,3)20-11-13-27(14-12-20)24(33)31(25(34)28-27)19-23(32)30-16-6-15-29(17-18-30)21-7-9-22(35-4)10-8-21/h7-10,20H,5-6,11-19H2,1-4H3,(H,28,34). The molecule has 192 valence electrons. The molecule has 1 spiro atoms. The van der Waals surface area contributed by atoms with Crippen LogP contribution in [0.15, 0.2) is 24.3 Å². The molecule has 2 aliphatic heterocycles. The van der Waals surface area contributed by atoms with E-state index in [9.17, 15) is 14.4 Å². The van der Waals surface area contributed by atoms with E-state index in [-0.39, 0.29) is 23.8 Å². The maximum Gasteiger partial charge on any atom is 0.325 e. The average molecular weight is 485 g/mol. The van der Waals surface area contributed by atoms with Crippen molar-refractivity contribution >= 4 is 23.5 Å². The summed E-state index contributed by atoms with van der Waals surface area (Å²) in [7, 11) is 1.65. The van der Waals surface area contributed by atoms with Crippen LogP contribution in [0.2, 0.25) is 0 Å². The second kappa shape index (κ2) is 10.1. The quantitative estimate of drug-likeness (QED) is 0.624. The summed E-state index contributed by atoms with van der Waals surface area (Å²) in [6.45, 7) is 9.33. The first-order valence-corrected chi connectivity index (χ1v) is 13.0. The van der Waals surface area contributed by atoms with E-state index in [2.05, 4.69) is 31.0 Å². The molecule has 0 atom stereocenters. The number of hydrogen-bond donors (Lipinski definition) is 1. The van der Waals surface area contributed by atoms with Crippen molar-refractivity contribution in [3.8, 4) is 5.75 Å². The molecule has 3 fully saturated rings. The van der Waals surface area contributed by atoms with Crippen LogP contribution in [0.3, 0.4) is 0 Å². The summed E-state index contributed by atoms with van der Waals surface area (Å²) >= 11 is 0. The van der Waals surface area contributed by atoms with Crippen LogP contribution in [0.4, 0.5) is 10.5 Å². The molecule has 4 amide bonds. The van der Waals surface area contributed by atoms with Gasteiger partial charge in [-0.2, -0.15) is 0 Å². The number of benzene rings is 1. The molecule has 2 saturated heterocycles. The summed E-state index contributed by atoms with van der Waals surface area (Å²) in [5, 5.41) is 2.97. The molecule has 0 radical (unpaired) electrons. The van der Waals surface area contributed by atoms with Gasteiger partial charge in [0.05, 0.1) is 7.11 Å². The van der Waals surface area contributed by atoms with Crippen molar-refractivity contribution in [2.24, 2.45) is 11.3 Å². The lowest BCUT2D eigenvalue weighted by Crippen LogP contribution is -2.51. The first-order chi connectivity index (χ1) is 16.7. The summed E-state index contributed by atoms with van der Waals surface area (Å²) in [5.41, 5.74) is 0.495. The topological polar surface area (TPSA) is 82.2 Å². The SMILES string of the molecule is CCC(C)(C)C1CCC2(CC1)NC(=O)N(CC(=O)N1CCCN(c3ccc(OC)cc3)CC1)C2=O. The summed E-state index contributed by atoms with van der Waals surface area (Å²) in [6, 6.07) is 7.51. The van der Waals surface area contributed by atoms with E-state index in [1.807, 2.05) is 24.3 Å². The van der Waals surface area contributed by atoms with Gasteiger partial charge in [0.25, 0.3) is 5.91 Å². The Hall–Kier alpha value is -2.77. The lowest BCUT2D eigenvalue weighted by Gasteiger charge is -2.42. The van der Waals surface area contributed by atoms with Crippen molar-refractivity contribution in [1.29, 1.82) is 0 Å². The Morgan fingerprint density at radius 2 is 1.77 bits per heavy atom. The number of nitrogens with one attached hydrogen (secondary N) is 1. The van der Waals surface area contributed by atoms with Crippen molar-refractivity contribution in [2.75, 3.05) is 44.7 Å². The van der Waals surface area contributed by atoms with Gasteiger partial charge < -0.3 is 19.9 Å². The largest absolute Gasteiger partial charge is 0.497 e. The van der Waals surface area contributed by atoms with Crippen molar-refractivity contribution in [3.05, 3.63) is 24.3 Å². The van der Waals surface area contributed by atoms with Crippen LogP contribution >= 0.6 is 0 Å². The smallest absolute Gasteiger partial charge is 0.325 e. The highest BCUT2D eigenvalue weighted by atomic mass is 16.5. The van der Waals surface area contributed by atoms with Crippen molar-refractivity contribution in [3.63, 3.8) is 0 Å². The van der Waals surface area contributed by atoms with E-state index in [0.717, 1.165) is 48.6 Å². The van der Waals surface area contributed by atoms with E-state index < -0.39 is 11.6 Å². The van der Waals surface area contributed by atoms with Crippen molar-refractivity contribution in [1.82, 2.24) is 15.1 Å². The van der Waals surface area contributed by atoms with Crippen LogP contribution in [-0.4, -0.2) is 73.0 Å². The van der Waals surface area contributed by atoms with Crippen LogP contribution < -0.4 is 15.0 Å². The Labute approximate surface area is 209 Å². The first-order valence-electron chi connectivity index (χ1n) is 13.0. The number of carbonyl (C=O) groups excluding carboxylic acids is 3. The zero-order chi connectivity index (χ0) is 25.2. The molecule has 1 saturated carbocycles. The Morgan fingerprint density at radius 1 is 1.09 bits per heavy atom. The minimum Gasteiger partial charge on any atom is -0.497 e. The van der Waals surface area contributed by atoms with Gasteiger partial charge in [-0.1, -0.05) is 27.2 Å². The minimum atomic E-state index is -0.832. The van der Waals surface area contributed by atoms with E-state index in [1.165, 1.54) is 0 Å². The van der Waals surface area contributed by atoms with Gasteiger partial charge in [0.2, 0.25) is 5.91 Å². The molecule has 1 aromatic rings. The molecule has 35 heavy (non-hydrogen) atoms. The molecule has 8 heteroatoms. The Bertz CT molecular complexity index is 937. The molecule has 0 aromatic heterocycles. The van der Waals surface area contributed by atoms with Gasteiger partial charge >= 0.3 is 6.03 Å². The summed E-state index contributed by atoms with van der Waals surface area (Å²) in [4.78, 5) is 44.5. The number of hydrogen-bond acceptors (Lipinski definition) is 5. The van der Waals surface area contributed by atoms with Gasteiger partial charge in [0.1, 0.15) is 17.8 Å². The highest BCUT2D eigenvalue weighted by Crippen LogP contribution is 2.45. The van der Waals surface area contributed by atoms with E-state index in [4.69, 9.17) is 4.74 Å². The van der Waals surface area contributed by atoms with E-state index in [0.29, 0.717) is 38.4 Å². The Balaban J connectivity index is 1.34. The second-order valence-corrected chi connectivity index (χ2v) is 10.9. The van der Waals surface area contributed by atoms with Gasteiger partial charge in [-0.25, -0.2) is 4.79 Å². The number of amides is 4. The summed E-state index contributed by atoms with van der Waals surface area (Å²) in [5.74, 6) is 0.972. The average Bonchev–Trinajstić information content (AvgIpc) is 3.04. The monoisotopic (exact) mass is 484 g/mol. The number of rotatable bonds is 6. The Kier molecular flexibility index (Phi) is 7.29. The maximum atomic E-state index is 13.3. The second-order valence-electron chi connectivity index (χ2n) is 10.9. The number of carbonyl (C=O) groups is 3. The third-order valence-corrected chi connectivity index (χ3v) is 8.68. The number of urea groups is 1. The van der Waals surface area contributed by atoms with Gasteiger partial charge in [0, 0.05) is 31.9 Å². The number of ether oxygens (including phenoxy) is 1. The highest BCUT2D eigenvalue weighted by Gasteiger charge is 2.53. The van der Waals surface area contributed by atoms with E-state index >= 15 is 0 Å². The fourth-order valence-electron chi connectivity index (χ4n) is 5.79. The first kappa shape index (κ1) is 25.3. The molecule has 0 bridgehead atoms. The highest BCUT2D eigenvalue weighted by molar-refractivity contribution is 6.09. The normalized spacial score (nSPS) is 25.6. The molecule has 1 aliphatic carbocycles. The number of methoxy groups -OCH3 is 1. The van der Waals surface area contributed by atoms with Gasteiger partial charge in [0.15, 0.2) is 0 Å². The fourth-order valence-corrected chi connectivity index (χ4v) is 5.79. The maximum absolute atomic E-state index is 13.3. The van der Waals surface area contributed by atoms with Crippen LogP contribution in [0.5, 0.6) is 5.75 Å². The van der Waals surface area contributed by atoms with Gasteiger partial charge in [-0.3, -0.25) is 14.5 Å². The molecule has 4 rings (SSSR count). The number of imide groups is 1. The lowest BCUT2D eigenvalue weighted by molar-refractivity contribution is -0.139. The molecule has 1 aromatic carbocycles. The number of nitrogens with zero attached hydrogens (tertiary/aromatic N) is 3. The predicted octanol–water partition coefficient (Wildman–Crippen LogP) is 3.65. The molecule has 2 heterocycles. The van der Waals surface area contributed by atoms with Crippen LogP contribution in [0.1, 0.15) is 59.3 Å². The minimum absolute atomic E-state index is 0.164. The molecule has 1 N–H and O–H groups in total. The molecular weight excluding hydrogens is 444 g/mol. The van der Waals surface area contributed by atoms with Crippen molar-refractivity contribution in [2.45, 2.75) is 64.8 Å². The summed E-state index contributed by atoms with van der Waals surface area (Å²) in [6.07, 6.45) is 5.06. The summed E-state index contributed by atoms with van der Waals surface area (Å²) < 4.78 is 5.24. The van der Waals surface area contributed by atoms with Gasteiger partial charge in [-0.05, 0) is 67.7 Å². The van der Waals surface area contributed by atoms with Crippen molar-refractivity contribution < 1.29 is 19.1 Å². The third-order valence-electron chi connectivity index (χ3n) is 8.68. The molecule has 3 aliphatic rings. The molecular formula is C27H40N4O4. The zero-order valence-corrected chi connectivity index (χ0v) is 21.6. The third kappa shape index (κ3) is 5.11. The number of anilines is 1. The fraction of sp³-hybridized carbons (Fsp3) is 0.667. The Morgan fingerprint density at radius 3 is 2.40 bits per heavy atom. The molecule has 8 nitrogen and oxygen atoms in total. The lowest BCUT2D eigenvalue weighted by atomic mass is 9.65. The van der Waals surface area contributed by atoms with Crippen LogP contribution in [-0.2, 0) is 9.59 Å². The van der Waals surface area contributed by atoms with Crippen LogP contribution in [0.25, 0.3) is 0 Å². The van der Waals surface area contributed by atoms with E-state index in [1.54, 1.807) is 12.0 Å². The van der Waals surface area contributed by atoms with Crippen LogP contribution in [0, 0.1) is 11.3 Å². The predicted molar refractivity (Wildman–Crippen MR) is 135 cm³/mol. The zero-order valence-electron chi connectivity index (χ0n) is 21.6. The van der Waals surface area contributed by atoms with Gasteiger partial charge in [-0.15, -0.1) is 0 Å².